The van der Waals surface area contributed by atoms with Gasteiger partial charge in [0.1, 0.15) is 6.08 Å². The maximum absolute atomic E-state index is 12.4. The number of carbonyl (C=O) groups excluding carboxylic acids is 2. The quantitative estimate of drug-likeness (QED) is 0.823. The first kappa shape index (κ1) is 6.96. The summed E-state index contributed by atoms with van der Waals surface area (Å²) in [7, 11) is 0. The molecule has 5 nitrogen and oxygen atoms in total. The third-order valence-electron chi connectivity index (χ3n) is 2.86. The smallest absolute Gasteiger partial charge is 0.323 e. The summed E-state index contributed by atoms with van der Waals surface area (Å²) in [5.74, 6) is -1.10. The van der Waals surface area contributed by atoms with Crippen LogP contribution in [0.15, 0.2) is 48.4 Å². The summed E-state index contributed by atoms with van der Waals surface area (Å²) in [6.45, 7) is 0.907. The van der Waals surface area contributed by atoms with Crippen molar-refractivity contribution in [1.82, 2.24) is 0 Å². The van der Waals surface area contributed by atoms with E-state index in [0.29, 0.717) is 4.90 Å². The molecule has 0 bridgehead atoms. The van der Waals surface area contributed by atoms with Crippen molar-refractivity contribution in [3.63, 3.8) is 0 Å². The number of primary amides is 1. The normalized spacial score (nSPS) is 27.7. The number of benzene rings is 2. The molecule has 0 spiro atoms. The lowest BCUT2D eigenvalue weighted by molar-refractivity contribution is -0.146. The molecule has 2 amide bonds. The van der Waals surface area contributed by atoms with Crippen LogP contribution in [-0.4, -0.2) is 12.0 Å². The van der Waals surface area contributed by atoms with E-state index in [9.17, 15) is 9.59 Å². The molecule has 22 heavy (non-hydrogen) atoms. The van der Waals surface area contributed by atoms with Crippen LogP contribution in [0.25, 0.3) is 0 Å². The lowest BCUT2D eigenvalue weighted by atomic mass is 10.0. The van der Waals surface area contributed by atoms with E-state index < -0.39 is 83.2 Å². The number of nitrogens with zero attached hydrogens (tertiary/aromatic N) is 1. The Morgan fingerprint density at radius 2 is 2.00 bits per heavy atom. The van der Waals surface area contributed by atoms with E-state index in [1.54, 1.807) is 0 Å². The van der Waals surface area contributed by atoms with E-state index in [2.05, 4.69) is 0 Å². The fourth-order valence-electron chi connectivity index (χ4n) is 2.05. The number of urea groups is 1. The third-order valence-corrected chi connectivity index (χ3v) is 2.86. The summed E-state index contributed by atoms with van der Waals surface area (Å²) in [6, 6.07) is -3.85. The summed E-state index contributed by atoms with van der Waals surface area (Å²) >= 11 is 0. The van der Waals surface area contributed by atoms with Crippen LogP contribution in [0, 0.1) is 0 Å². The second-order valence-electron chi connectivity index (χ2n) is 4.32. The number of fused-ring (bicyclic) bond motifs is 2. The summed E-state index contributed by atoms with van der Waals surface area (Å²) in [4.78, 5) is 24.8. The minimum absolute atomic E-state index is 0.488. The van der Waals surface area contributed by atoms with E-state index in [4.69, 9.17) is 22.8 Å². The molecular formula is C17H16N2O3. The lowest BCUT2D eigenvalue weighted by Crippen LogP contribution is -2.32. The van der Waals surface area contributed by atoms with Gasteiger partial charge in [0, 0.05) is 21.6 Å². The molecular weight excluding hydrogens is 280 g/mol. The van der Waals surface area contributed by atoms with Gasteiger partial charge in [0.25, 0.3) is 0 Å². The molecule has 2 N–H and O–H groups in total. The highest BCUT2D eigenvalue weighted by Crippen LogP contribution is 2.41. The predicted molar refractivity (Wildman–Crippen MR) is 82.8 cm³/mol. The van der Waals surface area contributed by atoms with Gasteiger partial charge in [0.15, 0.2) is 0 Å². The largest absolute Gasteiger partial charge is 0.457 e. The monoisotopic (exact) mass is 305 g/mol. The summed E-state index contributed by atoms with van der Waals surface area (Å²) in [5, 5.41) is 0. The van der Waals surface area contributed by atoms with Gasteiger partial charge in [-0.1, -0.05) is 36.3 Å². The standard InChI is InChI=1S/C17H16N2O3/c1-11(20)22-16-10-12-6-2-4-8-14(12)19(17(18)21)15-9-5-3-7-13(15)16/h2-9,16H,10H2,1H3,(H2,18,21)/i2D,3D,4D,5D,8D,9D,10D2,16D. The maximum Gasteiger partial charge on any atom is 0.323 e. The molecule has 0 aromatic heterocycles. The van der Waals surface area contributed by atoms with Crippen molar-refractivity contribution in [2.75, 3.05) is 4.90 Å². The summed E-state index contributed by atoms with van der Waals surface area (Å²) < 4.78 is 79.3. The number of para-hydroxylation sites is 2. The molecule has 0 saturated heterocycles. The second kappa shape index (κ2) is 5.52. The van der Waals surface area contributed by atoms with Gasteiger partial charge in [-0.15, -0.1) is 0 Å². The Hall–Kier alpha value is -2.82. The topological polar surface area (TPSA) is 72.6 Å². The number of rotatable bonds is 1. The first-order chi connectivity index (χ1) is 14.2. The maximum atomic E-state index is 12.4. The van der Waals surface area contributed by atoms with Crippen LogP contribution in [0.1, 0.15) is 36.5 Å². The fourth-order valence-corrected chi connectivity index (χ4v) is 2.05. The highest BCUT2D eigenvalue weighted by Gasteiger charge is 2.30. The van der Waals surface area contributed by atoms with E-state index in [0.717, 1.165) is 19.1 Å². The summed E-state index contributed by atoms with van der Waals surface area (Å²) in [6.07, 6.45) is -6.02. The molecule has 0 fully saturated rings. The average Bonchev–Trinajstić information content (AvgIpc) is 2.70. The number of amides is 2. The van der Waals surface area contributed by atoms with Crippen LogP contribution in [0.3, 0.4) is 0 Å². The molecule has 1 unspecified atom stereocenters. The number of nitrogens with two attached hydrogens (primary N) is 1. The third kappa shape index (κ3) is 2.41. The molecule has 0 aliphatic carbocycles. The second-order valence-corrected chi connectivity index (χ2v) is 4.32. The highest BCUT2D eigenvalue weighted by molar-refractivity contribution is 6.00. The molecule has 2 aromatic carbocycles. The Bertz CT molecular complexity index is 1150. The zero-order chi connectivity index (χ0) is 23.6. The molecule has 5 heteroatoms. The zero-order valence-corrected chi connectivity index (χ0v) is 11.4. The van der Waals surface area contributed by atoms with Crippen molar-refractivity contribution in [2.24, 2.45) is 5.73 Å². The number of hydrogen-bond donors (Lipinski definition) is 1. The molecule has 1 aliphatic rings. The van der Waals surface area contributed by atoms with Crippen LogP contribution >= 0.6 is 0 Å². The number of carbonyl (C=O) groups is 2. The zero-order valence-electron chi connectivity index (χ0n) is 20.4. The Morgan fingerprint density at radius 1 is 1.32 bits per heavy atom. The van der Waals surface area contributed by atoms with Crippen LogP contribution in [0.2, 0.25) is 0 Å². The average molecular weight is 305 g/mol. The van der Waals surface area contributed by atoms with Crippen LogP contribution in [0.4, 0.5) is 16.2 Å². The van der Waals surface area contributed by atoms with Gasteiger partial charge >= 0.3 is 12.0 Å². The molecule has 0 radical (unpaired) electrons. The summed E-state index contributed by atoms with van der Waals surface area (Å²) in [5.41, 5.74) is 2.98. The number of hydrogen-bond acceptors (Lipinski definition) is 3. The van der Waals surface area contributed by atoms with Gasteiger partial charge in [-0.05, 0) is 17.6 Å². The van der Waals surface area contributed by atoms with Gasteiger partial charge in [0.05, 0.1) is 21.0 Å². The van der Waals surface area contributed by atoms with Crippen molar-refractivity contribution >= 4 is 23.4 Å². The number of esters is 1. The molecule has 3 rings (SSSR count). The molecule has 1 heterocycles. The van der Waals surface area contributed by atoms with Crippen molar-refractivity contribution in [1.29, 1.82) is 0 Å². The Balaban J connectivity index is 2.67. The van der Waals surface area contributed by atoms with Gasteiger partial charge in [-0.25, -0.2) is 4.79 Å². The van der Waals surface area contributed by atoms with Gasteiger partial charge in [0.2, 0.25) is 0 Å². The van der Waals surface area contributed by atoms with Crippen molar-refractivity contribution in [2.45, 2.75) is 19.4 Å². The van der Waals surface area contributed by atoms with Crippen molar-refractivity contribution < 1.29 is 26.7 Å². The molecule has 112 valence electrons. The molecule has 1 aliphatic heterocycles. The minimum atomic E-state index is -3.03. The van der Waals surface area contributed by atoms with Gasteiger partial charge in [-0.3, -0.25) is 9.69 Å². The minimum Gasteiger partial charge on any atom is -0.457 e. The Morgan fingerprint density at radius 3 is 2.68 bits per heavy atom. The van der Waals surface area contributed by atoms with E-state index in [1.165, 1.54) is 0 Å². The van der Waals surface area contributed by atoms with Crippen LogP contribution in [-0.2, 0) is 15.9 Å². The lowest BCUT2D eigenvalue weighted by Gasteiger charge is -2.23. The van der Waals surface area contributed by atoms with E-state index >= 15 is 0 Å². The van der Waals surface area contributed by atoms with Crippen molar-refractivity contribution in [3.05, 3.63) is 59.5 Å². The SMILES string of the molecule is [2H]c1cc2c(c([2H])c1[2H])N(C(N)=O)c1c(cc([2H])c([2H])c1[2H])C([2H])(OC(C)=O)C2([2H])[2H]. The molecule has 0 saturated carbocycles. The highest BCUT2D eigenvalue weighted by atomic mass is 16.5. The van der Waals surface area contributed by atoms with Crippen LogP contribution < -0.4 is 10.6 Å². The van der Waals surface area contributed by atoms with E-state index in [-0.39, 0.29) is 0 Å². The Kier molecular flexibility index (Phi) is 1.75. The molecule has 1 atom stereocenters. The first-order valence-electron chi connectivity index (χ1n) is 10.7. The van der Waals surface area contributed by atoms with E-state index in [1.807, 2.05) is 0 Å². The molecule has 2 aromatic rings. The fraction of sp³-hybridized carbons (Fsp3) is 0.176. The van der Waals surface area contributed by atoms with Crippen molar-refractivity contribution in [3.8, 4) is 0 Å². The van der Waals surface area contributed by atoms with Crippen LogP contribution in [0.5, 0.6) is 0 Å². The van der Waals surface area contributed by atoms with Gasteiger partial charge in [-0.2, -0.15) is 0 Å². The van der Waals surface area contributed by atoms with Gasteiger partial charge < -0.3 is 10.5 Å². The number of ether oxygens (including phenoxy) is 1. The predicted octanol–water partition coefficient (Wildman–Crippen LogP) is 3.06. The number of anilines is 2. The first-order valence-corrected chi connectivity index (χ1v) is 6.18. The Labute approximate surface area is 140 Å².